The van der Waals surface area contributed by atoms with Crippen LogP contribution in [0.2, 0.25) is 10.0 Å². The van der Waals surface area contributed by atoms with Gasteiger partial charge in [0.15, 0.2) is 0 Å². The monoisotopic (exact) mass is 462 g/mol. The molecule has 5 nitrogen and oxygen atoms in total. The molecule has 2 aromatic carbocycles. The maximum absolute atomic E-state index is 12.6. The third kappa shape index (κ3) is 4.11. The number of halogens is 3. The Bertz CT molecular complexity index is 930. The fraction of sp³-hybridized carbons (Fsp3) is 0.188. The average molecular weight is 464 g/mol. The molecule has 0 saturated carbocycles. The van der Waals surface area contributed by atoms with Gasteiger partial charge in [0.25, 0.3) is 5.91 Å². The van der Waals surface area contributed by atoms with Crippen LogP contribution in [0, 0.1) is 0 Å². The Kier molecular flexibility index (Phi) is 5.29. The highest BCUT2D eigenvalue weighted by Gasteiger charge is 2.29. The molecule has 1 heterocycles. The summed E-state index contributed by atoms with van der Waals surface area (Å²) in [5.74, 6) is -0.342. The fourth-order valence-corrected chi connectivity index (χ4v) is 5.22. The Morgan fingerprint density at radius 2 is 1.92 bits per heavy atom. The van der Waals surface area contributed by atoms with Crippen LogP contribution in [0.25, 0.3) is 0 Å². The van der Waals surface area contributed by atoms with Gasteiger partial charge in [-0.3, -0.25) is 9.10 Å². The van der Waals surface area contributed by atoms with E-state index in [0.29, 0.717) is 29.4 Å². The molecule has 0 aromatic heterocycles. The van der Waals surface area contributed by atoms with E-state index >= 15 is 0 Å². The number of anilines is 2. The lowest BCUT2D eigenvalue weighted by Gasteiger charge is -2.18. The molecule has 1 aliphatic heterocycles. The summed E-state index contributed by atoms with van der Waals surface area (Å²) in [6, 6.07) is 9.61. The zero-order chi connectivity index (χ0) is 18.2. The molecule has 0 atom stereocenters. The molecule has 0 bridgehead atoms. The van der Waals surface area contributed by atoms with Gasteiger partial charge in [-0.25, -0.2) is 8.42 Å². The van der Waals surface area contributed by atoms with E-state index in [1.54, 1.807) is 24.3 Å². The van der Waals surface area contributed by atoms with Crippen LogP contribution < -0.4 is 9.62 Å². The molecule has 3 rings (SSSR count). The van der Waals surface area contributed by atoms with E-state index in [1.807, 2.05) is 0 Å². The van der Waals surface area contributed by atoms with Gasteiger partial charge in [-0.05, 0) is 42.8 Å². The van der Waals surface area contributed by atoms with Crippen molar-refractivity contribution in [3.8, 4) is 0 Å². The zero-order valence-electron chi connectivity index (χ0n) is 12.8. The minimum absolute atomic E-state index is 0.105. The second kappa shape index (κ2) is 7.15. The molecule has 0 unspecified atom stereocenters. The molecule has 1 amide bonds. The van der Waals surface area contributed by atoms with Crippen molar-refractivity contribution in [3.63, 3.8) is 0 Å². The van der Waals surface area contributed by atoms with Crippen LogP contribution in [0.4, 0.5) is 11.4 Å². The Balaban J connectivity index is 1.91. The molecule has 0 spiro atoms. The van der Waals surface area contributed by atoms with Gasteiger partial charge in [-0.15, -0.1) is 0 Å². The normalized spacial score (nSPS) is 16.0. The van der Waals surface area contributed by atoms with Crippen LogP contribution in [0.15, 0.2) is 40.9 Å². The van der Waals surface area contributed by atoms with Gasteiger partial charge in [-0.2, -0.15) is 0 Å². The van der Waals surface area contributed by atoms with Crippen LogP contribution in [-0.2, 0) is 10.0 Å². The molecular weight excluding hydrogens is 451 g/mol. The third-order valence-corrected chi connectivity index (χ3v) is 6.58. The number of hydrogen-bond acceptors (Lipinski definition) is 3. The highest BCUT2D eigenvalue weighted by Crippen LogP contribution is 2.29. The van der Waals surface area contributed by atoms with Crippen LogP contribution in [0.3, 0.4) is 0 Å². The first-order valence-electron chi connectivity index (χ1n) is 7.34. The van der Waals surface area contributed by atoms with E-state index in [4.69, 9.17) is 23.2 Å². The minimum atomic E-state index is -3.33. The average Bonchev–Trinajstić information content (AvgIpc) is 2.86. The van der Waals surface area contributed by atoms with Crippen LogP contribution in [-0.4, -0.2) is 26.6 Å². The molecule has 2 aromatic rings. The number of nitrogens with one attached hydrogen (secondary N) is 1. The van der Waals surface area contributed by atoms with Crippen molar-refractivity contribution in [1.29, 1.82) is 0 Å². The van der Waals surface area contributed by atoms with Crippen molar-refractivity contribution in [2.24, 2.45) is 0 Å². The molecule has 0 radical (unpaired) electrons. The molecule has 132 valence electrons. The summed E-state index contributed by atoms with van der Waals surface area (Å²) in [4.78, 5) is 12.6. The van der Waals surface area contributed by atoms with Crippen molar-refractivity contribution >= 4 is 66.4 Å². The predicted octanol–water partition coefficient (Wildman–Crippen LogP) is 4.55. The van der Waals surface area contributed by atoms with Crippen molar-refractivity contribution in [2.75, 3.05) is 21.9 Å². The zero-order valence-corrected chi connectivity index (χ0v) is 16.7. The first-order chi connectivity index (χ1) is 11.8. The first kappa shape index (κ1) is 18.5. The van der Waals surface area contributed by atoms with Gasteiger partial charge in [0.2, 0.25) is 10.0 Å². The topological polar surface area (TPSA) is 66.5 Å². The quantitative estimate of drug-likeness (QED) is 0.726. The Morgan fingerprint density at radius 3 is 2.56 bits per heavy atom. The van der Waals surface area contributed by atoms with Crippen molar-refractivity contribution in [3.05, 3.63) is 56.5 Å². The maximum atomic E-state index is 12.6. The SMILES string of the molecule is O=C(Nc1cc(Cl)cc(Br)c1)c1cc(N2CCCS2(=O)=O)ccc1Cl. The van der Waals surface area contributed by atoms with Crippen LogP contribution in [0.1, 0.15) is 16.8 Å². The van der Waals surface area contributed by atoms with E-state index in [0.717, 1.165) is 4.47 Å². The Hall–Kier alpha value is -1.28. The summed E-state index contributed by atoms with van der Waals surface area (Å²) in [6.45, 7) is 0.395. The number of rotatable bonds is 3. The lowest BCUT2D eigenvalue weighted by atomic mass is 10.1. The van der Waals surface area contributed by atoms with E-state index in [1.165, 1.54) is 16.4 Å². The predicted molar refractivity (Wildman–Crippen MR) is 104 cm³/mol. The van der Waals surface area contributed by atoms with E-state index in [2.05, 4.69) is 21.2 Å². The molecule has 25 heavy (non-hydrogen) atoms. The lowest BCUT2D eigenvalue weighted by Crippen LogP contribution is -2.25. The van der Waals surface area contributed by atoms with Gasteiger partial charge in [-0.1, -0.05) is 39.1 Å². The van der Waals surface area contributed by atoms with Crippen molar-refractivity contribution in [2.45, 2.75) is 6.42 Å². The highest BCUT2D eigenvalue weighted by atomic mass is 79.9. The molecule has 1 saturated heterocycles. The number of nitrogens with zero attached hydrogens (tertiary/aromatic N) is 1. The Labute approximate surface area is 164 Å². The molecule has 1 fully saturated rings. The molecule has 9 heteroatoms. The number of sulfonamides is 1. The molecule has 1 N–H and O–H groups in total. The number of hydrogen-bond donors (Lipinski definition) is 1. The smallest absolute Gasteiger partial charge is 0.257 e. The molecular formula is C16H13BrCl2N2O3S. The summed E-state index contributed by atoms with van der Waals surface area (Å²) in [6.07, 6.45) is 0.559. The van der Waals surface area contributed by atoms with Crippen LogP contribution >= 0.6 is 39.1 Å². The van der Waals surface area contributed by atoms with E-state index < -0.39 is 15.9 Å². The summed E-state index contributed by atoms with van der Waals surface area (Å²) < 4.78 is 26.2. The molecule has 0 aliphatic carbocycles. The largest absolute Gasteiger partial charge is 0.322 e. The number of benzene rings is 2. The van der Waals surface area contributed by atoms with Gasteiger partial charge < -0.3 is 5.32 Å². The lowest BCUT2D eigenvalue weighted by molar-refractivity contribution is 0.102. The van der Waals surface area contributed by atoms with Gasteiger partial charge >= 0.3 is 0 Å². The fourth-order valence-electron chi connectivity index (χ4n) is 2.60. The maximum Gasteiger partial charge on any atom is 0.257 e. The highest BCUT2D eigenvalue weighted by molar-refractivity contribution is 9.10. The Morgan fingerprint density at radius 1 is 1.16 bits per heavy atom. The number of carbonyl (C=O) groups is 1. The first-order valence-corrected chi connectivity index (χ1v) is 10.5. The van der Waals surface area contributed by atoms with E-state index in [-0.39, 0.29) is 16.3 Å². The molecule has 1 aliphatic rings. The second-order valence-electron chi connectivity index (χ2n) is 5.52. The standard InChI is InChI=1S/C16H13BrCl2N2O3S/c17-10-6-11(18)8-12(7-10)20-16(22)14-9-13(2-3-15(14)19)21-4-1-5-25(21,23)24/h2-3,6-9H,1,4-5H2,(H,20,22). The summed E-state index contributed by atoms with van der Waals surface area (Å²) in [5, 5.41) is 3.41. The van der Waals surface area contributed by atoms with Gasteiger partial charge in [0, 0.05) is 21.7 Å². The second-order valence-corrected chi connectivity index (χ2v) is 9.29. The number of amides is 1. The van der Waals surface area contributed by atoms with Crippen LogP contribution in [0.5, 0.6) is 0 Å². The summed E-state index contributed by atoms with van der Waals surface area (Å²) >= 11 is 15.4. The number of carbonyl (C=O) groups excluding carboxylic acids is 1. The van der Waals surface area contributed by atoms with E-state index in [9.17, 15) is 13.2 Å². The summed E-state index contributed by atoms with van der Waals surface area (Å²) in [5.41, 5.74) is 1.12. The van der Waals surface area contributed by atoms with Crippen molar-refractivity contribution in [1.82, 2.24) is 0 Å². The van der Waals surface area contributed by atoms with Gasteiger partial charge in [0.1, 0.15) is 0 Å². The third-order valence-electron chi connectivity index (χ3n) is 3.70. The summed E-state index contributed by atoms with van der Waals surface area (Å²) in [7, 11) is -3.33. The minimum Gasteiger partial charge on any atom is -0.322 e. The van der Waals surface area contributed by atoms with Gasteiger partial charge in [0.05, 0.1) is 22.0 Å². The van der Waals surface area contributed by atoms with Crippen molar-refractivity contribution < 1.29 is 13.2 Å².